The first kappa shape index (κ1) is 14.6. The number of rotatable bonds is 5. The maximum Gasteiger partial charge on any atom is 0.306 e. The number of hydrogen-bond donors (Lipinski definition) is 1. The second kappa shape index (κ2) is 6.07. The molecule has 2 aromatic carbocycles. The lowest BCUT2D eigenvalue weighted by molar-refractivity contribution is 0.493. The van der Waals surface area contributed by atoms with Crippen molar-refractivity contribution in [2.24, 2.45) is 5.73 Å². The van der Waals surface area contributed by atoms with Gasteiger partial charge in [-0.2, -0.15) is 8.42 Å². The van der Waals surface area contributed by atoms with Gasteiger partial charge in [0, 0.05) is 6.04 Å². The molecule has 0 radical (unpaired) electrons. The second-order valence-corrected chi connectivity index (χ2v) is 6.23. The van der Waals surface area contributed by atoms with Crippen LogP contribution in [0.15, 0.2) is 54.6 Å². The Labute approximate surface area is 119 Å². The van der Waals surface area contributed by atoms with Gasteiger partial charge in [-0.3, -0.25) is 0 Å². The summed E-state index contributed by atoms with van der Waals surface area (Å²) < 4.78 is 26.8. The third-order valence-electron chi connectivity index (χ3n) is 2.85. The van der Waals surface area contributed by atoms with Crippen molar-refractivity contribution in [1.82, 2.24) is 0 Å². The first-order valence-corrected chi connectivity index (χ1v) is 8.04. The first-order valence-electron chi connectivity index (χ1n) is 6.23. The molecule has 0 fully saturated rings. The van der Waals surface area contributed by atoms with Gasteiger partial charge in [-0.15, -0.1) is 0 Å². The Morgan fingerprint density at radius 1 is 1.05 bits per heavy atom. The van der Waals surface area contributed by atoms with E-state index < -0.39 is 10.1 Å². The number of nitrogens with two attached hydrogens (primary N) is 1. The summed E-state index contributed by atoms with van der Waals surface area (Å²) in [5.41, 5.74) is 8.24. The molecule has 0 aliphatic heterocycles. The fourth-order valence-corrected chi connectivity index (χ4v) is 2.39. The lowest BCUT2D eigenvalue weighted by Crippen LogP contribution is -2.13. The lowest BCUT2D eigenvalue weighted by Gasteiger charge is -2.12. The highest BCUT2D eigenvalue weighted by Crippen LogP contribution is 2.19. The topological polar surface area (TPSA) is 69.4 Å². The predicted molar refractivity (Wildman–Crippen MR) is 79.0 cm³/mol. The largest absolute Gasteiger partial charge is 0.383 e. The Morgan fingerprint density at radius 3 is 2.20 bits per heavy atom. The van der Waals surface area contributed by atoms with Gasteiger partial charge in [0.05, 0.1) is 6.26 Å². The molecule has 2 aromatic rings. The molecule has 0 aliphatic carbocycles. The minimum atomic E-state index is -3.48. The van der Waals surface area contributed by atoms with Gasteiger partial charge >= 0.3 is 10.1 Å². The summed E-state index contributed by atoms with van der Waals surface area (Å²) in [6.45, 7) is 0. The highest BCUT2D eigenvalue weighted by atomic mass is 32.2. The minimum Gasteiger partial charge on any atom is -0.383 e. The van der Waals surface area contributed by atoms with E-state index in [9.17, 15) is 8.42 Å². The molecule has 0 saturated heterocycles. The maximum atomic E-state index is 11.0. The summed E-state index contributed by atoms with van der Waals surface area (Å²) in [6, 6.07) is 16.7. The molecule has 0 saturated carbocycles. The Morgan fingerprint density at radius 2 is 1.65 bits per heavy atom. The summed E-state index contributed by atoms with van der Waals surface area (Å²) in [4.78, 5) is 0. The SMILES string of the molecule is CS(=O)(=O)Oc1ccc(CC(N)c2ccccc2)cc1. The zero-order chi connectivity index (χ0) is 14.6. The highest BCUT2D eigenvalue weighted by Gasteiger charge is 2.08. The van der Waals surface area contributed by atoms with Crippen molar-refractivity contribution in [2.45, 2.75) is 12.5 Å². The average Bonchev–Trinajstić information content (AvgIpc) is 2.40. The molecule has 4 nitrogen and oxygen atoms in total. The summed E-state index contributed by atoms with van der Waals surface area (Å²) >= 11 is 0. The molecule has 5 heteroatoms. The average molecular weight is 291 g/mol. The molecule has 0 amide bonds. The monoisotopic (exact) mass is 291 g/mol. The standard InChI is InChI=1S/C15H17NO3S/c1-20(17,18)19-14-9-7-12(8-10-14)11-15(16)13-5-3-2-4-6-13/h2-10,15H,11,16H2,1H3. The van der Waals surface area contributed by atoms with E-state index in [1.165, 1.54) is 0 Å². The Bertz CT molecular complexity index is 651. The Kier molecular flexibility index (Phi) is 4.42. The van der Waals surface area contributed by atoms with Crippen LogP contribution < -0.4 is 9.92 Å². The summed E-state index contributed by atoms with van der Waals surface area (Å²) in [5.74, 6) is 0.310. The predicted octanol–water partition coefficient (Wildman–Crippen LogP) is 2.27. The van der Waals surface area contributed by atoms with Crippen LogP contribution in [0.3, 0.4) is 0 Å². The Hall–Kier alpha value is -1.85. The van der Waals surface area contributed by atoms with E-state index in [4.69, 9.17) is 9.92 Å². The molecule has 2 N–H and O–H groups in total. The fraction of sp³-hybridized carbons (Fsp3) is 0.200. The molecule has 0 aromatic heterocycles. The molecule has 2 rings (SSSR count). The van der Waals surface area contributed by atoms with Gasteiger partial charge in [-0.05, 0) is 29.7 Å². The first-order chi connectivity index (χ1) is 9.44. The van der Waals surface area contributed by atoms with Crippen molar-refractivity contribution in [3.05, 3.63) is 65.7 Å². The van der Waals surface area contributed by atoms with E-state index >= 15 is 0 Å². The van der Waals surface area contributed by atoms with Gasteiger partial charge in [-0.25, -0.2) is 0 Å². The molecule has 0 aliphatic rings. The van der Waals surface area contributed by atoms with Crippen LogP contribution in [0, 0.1) is 0 Å². The van der Waals surface area contributed by atoms with Gasteiger partial charge < -0.3 is 9.92 Å². The molecule has 0 bridgehead atoms. The van der Waals surface area contributed by atoms with Gasteiger partial charge in [0.2, 0.25) is 0 Å². The third-order valence-corrected chi connectivity index (χ3v) is 3.35. The van der Waals surface area contributed by atoms with Crippen LogP contribution in [0.2, 0.25) is 0 Å². The van der Waals surface area contributed by atoms with Crippen molar-refractivity contribution in [1.29, 1.82) is 0 Å². The molecule has 1 atom stereocenters. The zero-order valence-electron chi connectivity index (χ0n) is 11.2. The van der Waals surface area contributed by atoms with Gasteiger partial charge in [0.25, 0.3) is 0 Å². The molecule has 0 spiro atoms. The van der Waals surface area contributed by atoms with Crippen molar-refractivity contribution >= 4 is 10.1 Å². The van der Waals surface area contributed by atoms with Crippen molar-refractivity contribution < 1.29 is 12.6 Å². The van der Waals surface area contributed by atoms with E-state index in [0.717, 1.165) is 17.4 Å². The van der Waals surface area contributed by atoms with Gasteiger partial charge in [0.1, 0.15) is 5.75 Å². The zero-order valence-corrected chi connectivity index (χ0v) is 12.0. The van der Waals surface area contributed by atoms with E-state index in [0.29, 0.717) is 12.2 Å². The molecular weight excluding hydrogens is 274 g/mol. The molecule has 0 heterocycles. The van der Waals surface area contributed by atoms with E-state index in [1.54, 1.807) is 12.1 Å². The molecule has 106 valence electrons. The maximum absolute atomic E-state index is 11.0. The fourth-order valence-electron chi connectivity index (χ4n) is 1.93. The summed E-state index contributed by atoms with van der Waals surface area (Å²) in [5, 5.41) is 0. The summed E-state index contributed by atoms with van der Waals surface area (Å²) in [7, 11) is -3.48. The molecule has 20 heavy (non-hydrogen) atoms. The number of hydrogen-bond acceptors (Lipinski definition) is 4. The lowest BCUT2D eigenvalue weighted by atomic mass is 10.00. The van der Waals surface area contributed by atoms with Crippen LogP contribution in [0.25, 0.3) is 0 Å². The van der Waals surface area contributed by atoms with Crippen LogP contribution >= 0.6 is 0 Å². The Balaban J connectivity index is 2.04. The smallest absolute Gasteiger partial charge is 0.306 e. The minimum absolute atomic E-state index is 0.0853. The normalized spacial score (nSPS) is 12.9. The van der Waals surface area contributed by atoms with Crippen molar-refractivity contribution in [2.75, 3.05) is 6.26 Å². The summed E-state index contributed by atoms with van der Waals surface area (Å²) in [6.07, 6.45) is 1.70. The quantitative estimate of drug-likeness (QED) is 0.858. The van der Waals surface area contributed by atoms with Gasteiger partial charge in [-0.1, -0.05) is 42.5 Å². The van der Waals surface area contributed by atoms with E-state index in [-0.39, 0.29) is 6.04 Å². The van der Waals surface area contributed by atoms with Crippen LogP contribution in [-0.4, -0.2) is 14.7 Å². The highest BCUT2D eigenvalue weighted by molar-refractivity contribution is 7.86. The van der Waals surface area contributed by atoms with Crippen molar-refractivity contribution in [3.8, 4) is 5.75 Å². The van der Waals surface area contributed by atoms with Crippen LogP contribution in [-0.2, 0) is 16.5 Å². The van der Waals surface area contributed by atoms with E-state index in [1.807, 2.05) is 42.5 Å². The van der Waals surface area contributed by atoms with Crippen LogP contribution in [0.4, 0.5) is 0 Å². The second-order valence-electron chi connectivity index (χ2n) is 4.65. The third kappa shape index (κ3) is 4.36. The van der Waals surface area contributed by atoms with Gasteiger partial charge in [0.15, 0.2) is 0 Å². The number of benzene rings is 2. The molecule has 1 unspecified atom stereocenters. The molecular formula is C15H17NO3S. The van der Waals surface area contributed by atoms with E-state index in [2.05, 4.69) is 0 Å². The van der Waals surface area contributed by atoms with Crippen LogP contribution in [0.1, 0.15) is 17.2 Å². The van der Waals surface area contributed by atoms with Crippen LogP contribution in [0.5, 0.6) is 5.75 Å². The van der Waals surface area contributed by atoms with Crippen molar-refractivity contribution in [3.63, 3.8) is 0 Å².